The summed E-state index contributed by atoms with van der Waals surface area (Å²) in [6, 6.07) is 12.2. The smallest absolute Gasteiger partial charge is 0.244 e. The molecule has 0 heterocycles. The minimum atomic E-state index is -3.80. The Labute approximate surface area is 199 Å². The van der Waals surface area contributed by atoms with Crippen molar-refractivity contribution in [3.63, 3.8) is 0 Å². The molecule has 0 unspecified atom stereocenters. The molecule has 0 aliphatic carbocycles. The van der Waals surface area contributed by atoms with Crippen LogP contribution in [0.4, 0.5) is 5.69 Å². The van der Waals surface area contributed by atoms with Crippen LogP contribution in [0.15, 0.2) is 48.5 Å². The normalized spacial score (nSPS) is 12.3. The molecule has 1 atom stereocenters. The van der Waals surface area contributed by atoms with E-state index in [9.17, 15) is 18.0 Å². The molecule has 0 aliphatic heterocycles. The molecule has 32 heavy (non-hydrogen) atoms. The predicted molar refractivity (Wildman–Crippen MR) is 128 cm³/mol. The van der Waals surface area contributed by atoms with E-state index < -0.39 is 28.5 Å². The van der Waals surface area contributed by atoms with Crippen molar-refractivity contribution >= 4 is 50.7 Å². The summed E-state index contributed by atoms with van der Waals surface area (Å²) in [5, 5.41) is 3.67. The molecule has 10 heteroatoms. The highest BCUT2D eigenvalue weighted by atomic mass is 35.5. The predicted octanol–water partition coefficient (Wildman–Crippen LogP) is 3.70. The maximum Gasteiger partial charge on any atom is 0.244 e. The zero-order valence-corrected chi connectivity index (χ0v) is 20.7. The number of halogens is 2. The minimum Gasteiger partial charge on any atom is -0.352 e. The van der Waals surface area contributed by atoms with Crippen LogP contribution in [0.3, 0.4) is 0 Å². The van der Waals surface area contributed by atoms with E-state index in [0.29, 0.717) is 10.0 Å². The second kappa shape index (κ2) is 11.0. The second-order valence-corrected chi connectivity index (χ2v) is 10.5. The van der Waals surface area contributed by atoms with Gasteiger partial charge in [0.05, 0.1) is 11.9 Å². The Bertz CT molecular complexity index is 1060. The van der Waals surface area contributed by atoms with Crippen molar-refractivity contribution in [3.05, 3.63) is 64.1 Å². The van der Waals surface area contributed by atoms with Gasteiger partial charge in [0.2, 0.25) is 21.8 Å². The zero-order valence-electron chi connectivity index (χ0n) is 18.4. The first-order chi connectivity index (χ1) is 14.9. The van der Waals surface area contributed by atoms with Crippen LogP contribution in [-0.4, -0.2) is 50.0 Å². The third-order valence-corrected chi connectivity index (χ3v) is 6.27. The maximum absolute atomic E-state index is 13.3. The van der Waals surface area contributed by atoms with Crippen molar-refractivity contribution in [2.24, 2.45) is 0 Å². The number of nitrogens with zero attached hydrogens (tertiary/aromatic N) is 2. The van der Waals surface area contributed by atoms with Gasteiger partial charge in [-0.3, -0.25) is 13.9 Å². The first-order valence-electron chi connectivity index (χ1n) is 9.96. The molecule has 1 N–H and O–H groups in total. The van der Waals surface area contributed by atoms with Crippen molar-refractivity contribution < 1.29 is 18.0 Å². The van der Waals surface area contributed by atoms with Gasteiger partial charge in [0.25, 0.3) is 0 Å². The Morgan fingerprint density at radius 2 is 1.62 bits per heavy atom. The summed E-state index contributed by atoms with van der Waals surface area (Å²) in [6.45, 7) is 4.87. The van der Waals surface area contributed by atoms with E-state index in [1.165, 1.54) is 11.0 Å². The molecule has 0 fully saturated rings. The number of carbonyl (C=O) groups excluding carboxylic acids is 2. The quantitative estimate of drug-likeness (QED) is 0.569. The molecule has 2 rings (SSSR count). The second-order valence-electron chi connectivity index (χ2n) is 7.74. The van der Waals surface area contributed by atoms with E-state index in [1.807, 2.05) is 13.8 Å². The van der Waals surface area contributed by atoms with Crippen LogP contribution < -0.4 is 9.62 Å². The van der Waals surface area contributed by atoms with E-state index in [0.717, 1.165) is 16.1 Å². The number of sulfonamides is 1. The Kier molecular flexibility index (Phi) is 8.95. The topological polar surface area (TPSA) is 86.8 Å². The molecule has 0 radical (unpaired) electrons. The number of nitrogens with one attached hydrogen (secondary N) is 1. The third-order valence-electron chi connectivity index (χ3n) is 4.64. The van der Waals surface area contributed by atoms with E-state index in [-0.39, 0.29) is 24.2 Å². The number of anilines is 1. The van der Waals surface area contributed by atoms with Crippen molar-refractivity contribution in [2.75, 3.05) is 17.1 Å². The molecular formula is C22H27Cl2N3O4S. The average molecular weight is 500 g/mol. The van der Waals surface area contributed by atoms with Gasteiger partial charge in [0, 0.05) is 22.6 Å². The summed E-state index contributed by atoms with van der Waals surface area (Å²) in [5.74, 6) is -0.868. The molecular weight excluding hydrogens is 473 g/mol. The lowest BCUT2D eigenvalue weighted by molar-refractivity contribution is -0.139. The van der Waals surface area contributed by atoms with Crippen LogP contribution >= 0.6 is 23.2 Å². The Morgan fingerprint density at radius 1 is 1.00 bits per heavy atom. The Morgan fingerprint density at radius 3 is 2.16 bits per heavy atom. The van der Waals surface area contributed by atoms with Gasteiger partial charge in [0.1, 0.15) is 12.6 Å². The van der Waals surface area contributed by atoms with E-state index in [4.69, 9.17) is 23.2 Å². The first kappa shape index (κ1) is 26.0. The summed E-state index contributed by atoms with van der Waals surface area (Å²) in [7, 11) is -3.80. The number of carbonyl (C=O) groups is 2. The third kappa shape index (κ3) is 7.39. The van der Waals surface area contributed by atoms with Gasteiger partial charge in [-0.2, -0.15) is 0 Å². The molecule has 174 valence electrons. The molecule has 0 bridgehead atoms. The summed E-state index contributed by atoms with van der Waals surface area (Å²) >= 11 is 12.0. The lowest BCUT2D eigenvalue weighted by atomic mass is 10.1. The van der Waals surface area contributed by atoms with Crippen LogP contribution in [0.1, 0.15) is 26.3 Å². The fourth-order valence-corrected chi connectivity index (χ4v) is 4.17. The highest BCUT2D eigenvalue weighted by molar-refractivity contribution is 7.92. The van der Waals surface area contributed by atoms with Gasteiger partial charge in [-0.1, -0.05) is 41.4 Å². The van der Waals surface area contributed by atoms with Crippen molar-refractivity contribution in [3.8, 4) is 0 Å². The number of amides is 2. The average Bonchev–Trinajstić information content (AvgIpc) is 2.69. The van der Waals surface area contributed by atoms with Gasteiger partial charge >= 0.3 is 0 Å². The van der Waals surface area contributed by atoms with Crippen molar-refractivity contribution in [1.82, 2.24) is 10.2 Å². The lowest BCUT2D eigenvalue weighted by Gasteiger charge is -2.32. The highest BCUT2D eigenvalue weighted by Gasteiger charge is 2.30. The summed E-state index contributed by atoms with van der Waals surface area (Å²) in [6.07, 6.45) is 1.01. The number of benzene rings is 2. The fourth-order valence-electron chi connectivity index (χ4n) is 3.02. The Hall–Kier alpha value is -2.29. The number of hydrogen-bond acceptors (Lipinski definition) is 4. The van der Waals surface area contributed by atoms with Crippen LogP contribution in [0, 0.1) is 0 Å². The number of rotatable bonds is 9. The zero-order chi connectivity index (χ0) is 24.1. The SMILES string of the molecule is CC(C)NC(=O)[C@@H](C)N(Cc1ccc(Cl)cc1)C(=O)CN(c1cccc(Cl)c1)S(C)(=O)=O. The lowest BCUT2D eigenvalue weighted by Crippen LogP contribution is -2.52. The molecule has 0 spiro atoms. The van der Waals surface area contributed by atoms with Crippen LogP contribution in [0.5, 0.6) is 0 Å². The standard InChI is InChI=1S/C22H27Cl2N3O4S/c1-15(2)25-22(29)16(3)26(13-17-8-10-18(23)11-9-17)21(28)14-27(32(4,30)31)20-7-5-6-19(24)12-20/h5-12,15-16H,13-14H2,1-4H3,(H,25,29)/t16-/m1/s1. The summed E-state index contributed by atoms with van der Waals surface area (Å²) in [5.41, 5.74) is 1.01. The van der Waals surface area contributed by atoms with Crippen LogP contribution in [0.25, 0.3) is 0 Å². The maximum atomic E-state index is 13.3. The van der Waals surface area contributed by atoms with Gasteiger partial charge in [0.15, 0.2) is 0 Å². The molecule has 0 saturated carbocycles. The molecule has 0 saturated heterocycles. The van der Waals surface area contributed by atoms with Gasteiger partial charge < -0.3 is 10.2 Å². The largest absolute Gasteiger partial charge is 0.352 e. The van der Waals surface area contributed by atoms with E-state index in [2.05, 4.69) is 5.32 Å². The van der Waals surface area contributed by atoms with E-state index in [1.54, 1.807) is 49.4 Å². The fraction of sp³-hybridized carbons (Fsp3) is 0.364. The molecule has 2 aromatic carbocycles. The molecule has 2 aromatic rings. The van der Waals surface area contributed by atoms with Crippen LogP contribution in [0.2, 0.25) is 10.0 Å². The van der Waals surface area contributed by atoms with Gasteiger partial charge in [-0.05, 0) is 56.7 Å². The summed E-state index contributed by atoms with van der Waals surface area (Å²) < 4.78 is 25.9. The summed E-state index contributed by atoms with van der Waals surface area (Å²) in [4.78, 5) is 27.4. The molecule has 0 aromatic heterocycles. The van der Waals surface area contributed by atoms with Crippen molar-refractivity contribution in [1.29, 1.82) is 0 Å². The molecule has 2 amide bonds. The first-order valence-corrected chi connectivity index (χ1v) is 12.6. The minimum absolute atomic E-state index is 0.107. The van der Waals surface area contributed by atoms with Crippen molar-refractivity contribution in [2.45, 2.75) is 39.4 Å². The van der Waals surface area contributed by atoms with Crippen LogP contribution in [-0.2, 0) is 26.2 Å². The number of hydrogen-bond donors (Lipinski definition) is 1. The van der Waals surface area contributed by atoms with Gasteiger partial charge in [-0.15, -0.1) is 0 Å². The van der Waals surface area contributed by atoms with Gasteiger partial charge in [-0.25, -0.2) is 8.42 Å². The molecule has 0 aliphatic rings. The monoisotopic (exact) mass is 499 g/mol. The molecule has 7 nitrogen and oxygen atoms in total. The van der Waals surface area contributed by atoms with E-state index >= 15 is 0 Å². The highest BCUT2D eigenvalue weighted by Crippen LogP contribution is 2.22. The Balaban J connectivity index is 2.38.